The maximum atomic E-state index is 11.2. The summed E-state index contributed by atoms with van der Waals surface area (Å²) in [7, 11) is 3.22. The first-order chi connectivity index (χ1) is 13.7. The van der Waals surface area contributed by atoms with Gasteiger partial charge in [-0.2, -0.15) is 4.98 Å². The van der Waals surface area contributed by atoms with Crippen LogP contribution >= 0.6 is 0 Å². The summed E-state index contributed by atoms with van der Waals surface area (Å²) in [5, 5.41) is 7.02. The Morgan fingerprint density at radius 3 is 2.57 bits per heavy atom. The van der Waals surface area contributed by atoms with E-state index in [0.717, 1.165) is 55.0 Å². The van der Waals surface area contributed by atoms with Crippen molar-refractivity contribution in [3.8, 4) is 11.5 Å². The minimum absolute atomic E-state index is 0.166. The molecule has 0 bridgehead atoms. The van der Waals surface area contributed by atoms with E-state index in [0.29, 0.717) is 24.6 Å². The van der Waals surface area contributed by atoms with E-state index in [1.807, 2.05) is 12.1 Å². The standard InChI is InChI=1S/C20H27N5O3/c1-4-18(26)21-8-7-9-22-19-14-12-16(27-2)17(28-3)13-15(14)23-20(24-19)25-10-5-6-11-25/h4,12-13H,1,5-11H2,2-3H3,(H,21,26)(H,22,23,24). The lowest BCUT2D eigenvalue weighted by Gasteiger charge is -2.19. The number of anilines is 2. The van der Waals surface area contributed by atoms with Gasteiger partial charge < -0.3 is 25.0 Å². The lowest BCUT2D eigenvalue weighted by molar-refractivity contribution is -0.116. The minimum atomic E-state index is -0.166. The summed E-state index contributed by atoms with van der Waals surface area (Å²) in [6.07, 6.45) is 4.34. The molecular weight excluding hydrogens is 358 g/mol. The molecule has 0 radical (unpaired) electrons. The lowest BCUT2D eigenvalue weighted by atomic mass is 10.2. The van der Waals surface area contributed by atoms with Crippen LogP contribution in [0, 0.1) is 0 Å². The van der Waals surface area contributed by atoms with Crippen LogP contribution in [0.4, 0.5) is 11.8 Å². The molecule has 28 heavy (non-hydrogen) atoms. The number of carbonyl (C=O) groups is 1. The topological polar surface area (TPSA) is 88.6 Å². The molecule has 0 atom stereocenters. The van der Waals surface area contributed by atoms with Crippen molar-refractivity contribution in [3.05, 3.63) is 24.8 Å². The van der Waals surface area contributed by atoms with Crippen molar-refractivity contribution in [1.82, 2.24) is 15.3 Å². The van der Waals surface area contributed by atoms with Gasteiger partial charge in [-0.25, -0.2) is 4.98 Å². The Labute approximate surface area is 164 Å². The monoisotopic (exact) mass is 385 g/mol. The number of amides is 1. The summed E-state index contributed by atoms with van der Waals surface area (Å²) in [5.74, 6) is 2.58. The fourth-order valence-electron chi connectivity index (χ4n) is 3.22. The maximum Gasteiger partial charge on any atom is 0.243 e. The molecule has 2 aromatic rings. The molecule has 1 saturated heterocycles. The van der Waals surface area contributed by atoms with Gasteiger partial charge in [0.2, 0.25) is 11.9 Å². The third-order valence-electron chi connectivity index (χ3n) is 4.71. The second kappa shape index (κ2) is 9.25. The molecule has 150 valence electrons. The molecule has 3 rings (SSSR count). The number of benzene rings is 1. The summed E-state index contributed by atoms with van der Waals surface area (Å²) in [5.41, 5.74) is 0.803. The number of fused-ring (bicyclic) bond motifs is 1. The van der Waals surface area contributed by atoms with E-state index in [4.69, 9.17) is 19.4 Å². The van der Waals surface area contributed by atoms with Crippen molar-refractivity contribution < 1.29 is 14.3 Å². The molecule has 0 saturated carbocycles. The Balaban J connectivity index is 1.86. The quantitative estimate of drug-likeness (QED) is 0.506. The van der Waals surface area contributed by atoms with Gasteiger partial charge in [-0.15, -0.1) is 0 Å². The molecule has 1 aromatic heterocycles. The number of carbonyl (C=O) groups excluding carboxylic acids is 1. The number of methoxy groups -OCH3 is 2. The van der Waals surface area contributed by atoms with Gasteiger partial charge in [-0.3, -0.25) is 4.79 Å². The van der Waals surface area contributed by atoms with E-state index >= 15 is 0 Å². The molecule has 1 aromatic carbocycles. The van der Waals surface area contributed by atoms with Gasteiger partial charge in [0.05, 0.1) is 19.7 Å². The van der Waals surface area contributed by atoms with E-state index in [1.54, 1.807) is 14.2 Å². The van der Waals surface area contributed by atoms with Crippen molar-refractivity contribution >= 4 is 28.6 Å². The first kappa shape index (κ1) is 19.7. The van der Waals surface area contributed by atoms with Gasteiger partial charge in [0, 0.05) is 37.6 Å². The summed E-state index contributed by atoms with van der Waals surface area (Å²) in [6.45, 7) is 6.61. The van der Waals surface area contributed by atoms with Crippen LogP contribution in [0.15, 0.2) is 24.8 Å². The zero-order chi connectivity index (χ0) is 19.9. The van der Waals surface area contributed by atoms with Gasteiger partial charge in [-0.1, -0.05) is 6.58 Å². The largest absolute Gasteiger partial charge is 0.493 e. The number of nitrogens with zero attached hydrogens (tertiary/aromatic N) is 3. The highest BCUT2D eigenvalue weighted by atomic mass is 16.5. The van der Waals surface area contributed by atoms with Crippen molar-refractivity contribution in [2.24, 2.45) is 0 Å². The van der Waals surface area contributed by atoms with Crippen LogP contribution in [-0.2, 0) is 4.79 Å². The van der Waals surface area contributed by atoms with Crippen LogP contribution < -0.4 is 25.0 Å². The molecule has 2 N–H and O–H groups in total. The summed E-state index contributed by atoms with van der Waals surface area (Å²) in [6, 6.07) is 3.77. The van der Waals surface area contributed by atoms with Gasteiger partial charge >= 0.3 is 0 Å². The SMILES string of the molecule is C=CC(=O)NCCCNc1nc(N2CCCC2)nc2cc(OC)c(OC)cc12. The van der Waals surface area contributed by atoms with E-state index in [9.17, 15) is 4.79 Å². The Bertz CT molecular complexity index is 849. The van der Waals surface area contributed by atoms with Crippen LogP contribution in [0.25, 0.3) is 10.9 Å². The first-order valence-electron chi connectivity index (χ1n) is 9.49. The fraction of sp³-hybridized carbons (Fsp3) is 0.450. The maximum absolute atomic E-state index is 11.2. The highest BCUT2D eigenvalue weighted by Gasteiger charge is 2.19. The van der Waals surface area contributed by atoms with Crippen molar-refractivity contribution in [3.63, 3.8) is 0 Å². The molecule has 0 unspecified atom stereocenters. The van der Waals surface area contributed by atoms with Crippen molar-refractivity contribution in [2.45, 2.75) is 19.3 Å². The minimum Gasteiger partial charge on any atom is -0.493 e. The zero-order valence-corrected chi connectivity index (χ0v) is 16.5. The molecule has 1 fully saturated rings. The second-order valence-corrected chi connectivity index (χ2v) is 6.57. The van der Waals surface area contributed by atoms with Gasteiger partial charge in [-0.05, 0) is 31.4 Å². The number of nitrogens with one attached hydrogen (secondary N) is 2. The van der Waals surface area contributed by atoms with Crippen LogP contribution in [-0.4, -0.2) is 56.3 Å². The first-order valence-corrected chi connectivity index (χ1v) is 9.49. The van der Waals surface area contributed by atoms with Crippen molar-refractivity contribution in [2.75, 3.05) is 50.6 Å². The highest BCUT2D eigenvalue weighted by Crippen LogP contribution is 2.35. The van der Waals surface area contributed by atoms with E-state index < -0.39 is 0 Å². The third-order valence-corrected chi connectivity index (χ3v) is 4.71. The Morgan fingerprint density at radius 2 is 1.89 bits per heavy atom. The molecular formula is C20H27N5O3. The average Bonchev–Trinajstić information content (AvgIpc) is 3.26. The lowest BCUT2D eigenvalue weighted by Crippen LogP contribution is -2.24. The average molecular weight is 385 g/mol. The van der Waals surface area contributed by atoms with Crippen LogP contribution in [0.2, 0.25) is 0 Å². The molecule has 0 aliphatic carbocycles. The summed E-state index contributed by atoms with van der Waals surface area (Å²) < 4.78 is 10.9. The third kappa shape index (κ3) is 4.44. The molecule has 1 aliphatic heterocycles. The number of hydrogen-bond acceptors (Lipinski definition) is 7. The molecule has 1 aliphatic rings. The Kier molecular flexibility index (Phi) is 6.52. The molecule has 2 heterocycles. The predicted octanol–water partition coefficient (Wildman–Crippen LogP) is 2.35. The number of aromatic nitrogens is 2. The van der Waals surface area contributed by atoms with E-state index in [1.165, 1.54) is 6.08 Å². The number of rotatable bonds is 9. The molecule has 8 heteroatoms. The molecule has 1 amide bonds. The van der Waals surface area contributed by atoms with Crippen LogP contribution in [0.5, 0.6) is 11.5 Å². The normalized spacial score (nSPS) is 13.4. The summed E-state index contributed by atoms with van der Waals surface area (Å²) in [4.78, 5) is 23.0. The van der Waals surface area contributed by atoms with Crippen molar-refractivity contribution in [1.29, 1.82) is 0 Å². The van der Waals surface area contributed by atoms with E-state index in [-0.39, 0.29) is 5.91 Å². The molecule has 0 spiro atoms. The van der Waals surface area contributed by atoms with Crippen LogP contribution in [0.3, 0.4) is 0 Å². The Morgan fingerprint density at radius 1 is 1.18 bits per heavy atom. The van der Waals surface area contributed by atoms with Crippen LogP contribution in [0.1, 0.15) is 19.3 Å². The van der Waals surface area contributed by atoms with Gasteiger partial charge in [0.25, 0.3) is 0 Å². The Hall–Kier alpha value is -3.03. The number of ether oxygens (including phenoxy) is 2. The smallest absolute Gasteiger partial charge is 0.243 e. The second-order valence-electron chi connectivity index (χ2n) is 6.57. The highest BCUT2D eigenvalue weighted by molar-refractivity contribution is 5.92. The van der Waals surface area contributed by atoms with E-state index in [2.05, 4.69) is 22.1 Å². The van der Waals surface area contributed by atoms with Gasteiger partial charge in [0.1, 0.15) is 5.82 Å². The predicted molar refractivity (Wildman–Crippen MR) is 110 cm³/mol. The summed E-state index contributed by atoms with van der Waals surface area (Å²) >= 11 is 0. The van der Waals surface area contributed by atoms with Gasteiger partial charge in [0.15, 0.2) is 11.5 Å². The zero-order valence-electron chi connectivity index (χ0n) is 16.5. The number of hydrogen-bond donors (Lipinski definition) is 2. The fourth-order valence-corrected chi connectivity index (χ4v) is 3.22. The molecule has 8 nitrogen and oxygen atoms in total.